The monoisotopic (exact) mass is 233 g/mol. The first-order chi connectivity index (χ1) is 6.77. The molecule has 1 aromatic heterocycles. The lowest BCUT2D eigenvalue weighted by Crippen LogP contribution is -2.04. The Kier molecular flexibility index (Phi) is 5.33. The predicted octanol–water partition coefficient (Wildman–Crippen LogP) is 2.55. The maximum absolute atomic E-state index is 5.67. The SMILES string of the molecule is CCn1ncnc1CSC(C)CCCl. The number of alkyl halides is 1. The van der Waals surface area contributed by atoms with Crippen LogP contribution in [-0.4, -0.2) is 25.9 Å². The molecule has 0 bridgehead atoms. The Morgan fingerprint density at radius 3 is 3.07 bits per heavy atom. The van der Waals surface area contributed by atoms with E-state index in [0.717, 1.165) is 30.4 Å². The highest BCUT2D eigenvalue weighted by atomic mass is 35.5. The molecule has 1 rings (SSSR count). The Bertz CT molecular complexity index is 264. The normalized spacial score (nSPS) is 13.1. The van der Waals surface area contributed by atoms with Crippen molar-refractivity contribution in [3.63, 3.8) is 0 Å². The molecule has 5 heteroatoms. The van der Waals surface area contributed by atoms with Gasteiger partial charge in [0, 0.05) is 17.7 Å². The quantitative estimate of drug-likeness (QED) is 0.708. The van der Waals surface area contributed by atoms with Gasteiger partial charge >= 0.3 is 0 Å². The summed E-state index contributed by atoms with van der Waals surface area (Å²) in [7, 11) is 0. The summed E-state index contributed by atoms with van der Waals surface area (Å²) < 4.78 is 1.93. The molecule has 0 N–H and O–H groups in total. The van der Waals surface area contributed by atoms with Crippen LogP contribution < -0.4 is 0 Å². The van der Waals surface area contributed by atoms with Gasteiger partial charge in [-0.15, -0.1) is 11.6 Å². The molecule has 0 saturated heterocycles. The maximum atomic E-state index is 5.67. The van der Waals surface area contributed by atoms with Crippen LogP contribution in [0.1, 0.15) is 26.1 Å². The van der Waals surface area contributed by atoms with Crippen LogP contribution in [0.2, 0.25) is 0 Å². The van der Waals surface area contributed by atoms with E-state index < -0.39 is 0 Å². The van der Waals surface area contributed by atoms with Crippen molar-refractivity contribution in [3.05, 3.63) is 12.2 Å². The van der Waals surface area contributed by atoms with Crippen molar-refractivity contribution in [1.82, 2.24) is 14.8 Å². The van der Waals surface area contributed by atoms with Crippen LogP contribution in [0.5, 0.6) is 0 Å². The molecule has 0 spiro atoms. The number of aryl methyl sites for hydroxylation is 1. The summed E-state index contributed by atoms with van der Waals surface area (Å²) in [6, 6.07) is 0. The van der Waals surface area contributed by atoms with E-state index in [4.69, 9.17) is 11.6 Å². The second kappa shape index (κ2) is 6.30. The highest BCUT2D eigenvalue weighted by Gasteiger charge is 2.06. The number of hydrogen-bond donors (Lipinski definition) is 0. The van der Waals surface area contributed by atoms with Crippen LogP contribution in [0.25, 0.3) is 0 Å². The maximum Gasteiger partial charge on any atom is 0.138 e. The predicted molar refractivity (Wildman–Crippen MR) is 61.8 cm³/mol. The highest BCUT2D eigenvalue weighted by molar-refractivity contribution is 7.99. The Labute approximate surface area is 94.2 Å². The van der Waals surface area contributed by atoms with E-state index in [1.165, 1.54) is 0 Å². The van der Waals surface area contributed by atoms with Crippen LogP contribution in [0, 0.1) is 0 Å². The summed E-state index contributed by atoms with van der Waals surface area (Å²) in [6.45, 7) is 5.16. The number of hydrogen-bond acceptors (Lipinski definition) is 3. The average molecular weight is 234 g/mol. The van der Waals surface area contributed by atoms with Gasteiger partial charge in [-0.3, -0.25) is 0 Å². The van der Waals surface area contributed by atoms with Crippen molar-refractivity contribution in [1.29, 1.82) is 0 Å². The molecule has 80 valence electrons. The minimum atomic E-state index is 0.592. The molecule has 0 saturated carbocycles. The van der Waals surface area contributed by atoms with Crippen LogP contribution >= 0.6 is 23.4 Å². The van der Waals surface area contributed by atoms with Gasteiger partial charge in [-0.1, -0.05) is 6.92 Å². The molecule has 0 amide bonds. The lowest BCUT2D eigenvalue weighted by atomic mass is 10.4. The molecule has 0 aromatic carbocycles. The minimum absolute atomic E-state index is 0.592. The molecule has 0 aliphatic heterocycles. The van der Waals surface area contributed by atoms with Gasteiger partial charge in [0.15, 0.2) is 0 Å². The van der Waals surface area contributed by atoms with E-state index in [2.05, 4.69) is 23.9 Å². The van der Waals surface area contributed by atoms with Gasteiger partial charge in [0.25, 0.3) is 0 Å². The fourth-order valence-electron chi connectivity index (χ4n) is 1.12. The van der Waals surface area contributed by atoms with Crippen LogP contribution in [-0.2, 0) is 12.3 Å². The summed E-state index contributed by atoms with van der Waals surface area (Å²) >= 11 is 7.55. The number of halogens is 1. The second-order valence-electron chi connectivity index (χ2n) is 3.09. The minimum Gasteiger partial charge on any atom is -0.250 e. The van der Waals surface area contributed by atoms with E-state index >= 15 is 0 Å². The molecule has 14 heavy (non-hydrogen) atoms. The van der Waals surface area contributed by atoms with Crippen LogP contribution in [0.15, 0.2) is 6.33 Å². The summed E-state index contributed by atoms with van der Waals surface area (Å²) in [6.07, 6.45) is 2.66. The van der Waals surface area contributed by atoms with E-state index in [9.17, 15) is 0 Å². The first kappa shape index (κ1) is 11.9. The summed E-state index contributed by atoms with van der Waals surface area (Å²) in [5, 5.41) is 4.72. The van der Waals surface area contributed by atoms with Crippen molar-refractivity contribution in [2.24, 2.45) is 0 Å². The standard InChI is InChI=1S/C9H16ClN3S/c1-3-13-9(11-7-12-13)6-14-8(2)4-5-10/h7-8H,3-6H2,1-2H3. The zero-order chi connectivity index (χ0) is 10.4. The third kappa shape index (κ3) is 3.50. The Morgan fingerprint density at radius 1 is 1.64 bits per heavy atom. The third-order valence-corrected chi connectivity index (χ3v) is 3.46. The van der Waals surface area contributed by atoms with Gasteiger partial charge < -0.3 is 0 Å². The number of rotatable bonds is 6. The second-order valence-corrected chi connectivity index (χ2v) is 4.90. The molecule has 0 fully saturated rings. The molecule has 1 aromatic rings. The lowest BCUT2D eigenvalue weighted by molar-refractivity contribution is 0.632. The molecule has 0 radical (unpaired) electrons. The molecule has 1 heterocycles. The van der Waals surface area contributed by atoms with Crippen molar-refractivity contribution >= 4 is 23.4 Å². The van der Waals surface area contributed by atoms with Crippen molar-refractivity contribution in [2.45, 2.75) is 37.8 Å². The molecule has 1 unspecified atom stereocenters. The molecular formula is C9H16ClN3S. The van der Waals surface area contributed by atoms with E-state index in [0.29, 0.717) is 5.25 Å². The Hall–Kier alpha value is -0.220. The van der Waals surface area contributed by atoms with Crippen LogP contribution in [0.3, 0.4) is 0 Å². The number of nitrogens with zero attached hydrogens (tertiary/aromatic N) is 3. The zero-order valence-corrected chi connectivity index (χ0v) is 10.2. The first-order valence-electron chi connectivity index (χ1n) is 4.82. The van der Waals surface area contributed by atoms with Gasteiger partial charge in [0.2, 0.25) is 0 Å². The van der Waals surface area contributed by atoms with Gasteiger partial charge in [-0.2, -0.15) is 16.9 Å². The van der Waals surface area contributed by atoms with Crippen LogP contribution in [0.4, 0.5) is 0 Å². The Balaban J connectivity index is 2.37. The van der Waals surface area contributed by atoms with E-state index in [-0.39, 0.29) is 0 Å². The van der Waals surface area contributed by atoms with Crippen molar-refractivity contribution in [2.75, 3.05) is 5.88 Å². The molecule has 0 aliphatic rings. The highest BCUT2D eigenvalue weighted by Crippen LogP contribution is 2.18. The van der Waals surface area contributed by atoms with E-state index in [1.807, 2.05) is 16.4 Å². The smallest absolute Gasteiger partial charge is 0.138 e. The molecular weight excluding hydrogens is 218 g/mol. The van der Waals surface area contributed by atoms with Gasteiger partial charge in [0.1, 0.15) is 12.2 Å². The Morgan fingerprint density at radius 2 is 2.43 bits per heavy atom. The van der Waals surface area contributed by atoms with Gasteiger partial charge in [-0.05, 0) is 13.3 Å². The third-order valence-electron chi connectivity index (χ3n) is 2.01. The van der Waals surface area contributed by atoms with Crippen molar-refractivity contribution in [3.8, 4) is 0 Å². The fraction of sp³-hybridized carbons (Fsp3) is 0.778. The van der Waals surface area contributed by atoms with Crippen molar-refractivity contribution < 1.29 is 0 Å². The molecule has 0 aliphatic carbocycles. The summed E-state index contributed by atoms with van der Waals surface area (Å²) in [4.78, 5) is 4.22. The number of aromatic nitrogens is 3. The van der Waals surface area contributed by atoms with Gasteiger partial charge in [-0.25, -0.2) is 9.67 Å². The summed E-state index contributed by atoms with van der Waals surface area (Å²) in [5.74, 6) is 2.71. The number of thioether (sulfide) groups is 1. The molecule has 1 atom stereocenters. The zero-order valence-electron chi connectivity index (χ0n) is 8.61. The lowest BCUT2D eigenvalue weighted by Gasteiger charge is -2.08. The summed E-state index contributed by atoms with van der Waals surface area (Å²) in [5.41, 5.74) is 0. The fourth-order valence-corrected chi connectivity index (χ4v) is 2.52. The first-order valence-corrected chi connectivity index (χ1v) is 6.40. The van der Waals surface area contributed by atoms with Gasteiger partial charge in [0.05, 0.1) is 5.75 Å². The largest absolute Gasteiger partial charge is 0.250 e. The molecule has 3 nitrogen and oxygen atoms in total. The van der Waals surface area contributed by atoms with E-state index in [1.54, 1.807) is 6.33 Å². The topological polar surface area (TPSA) is 30.7 Å². The average Bonchev–Trinajstić information content (AvgIpc) is 2.62.